The lowest BCUT2D eigenvalue weighted by Gasteiger charge is -2.19. The van der Waals surface area contributed by atoms with E-state index in [4.69, 9.17) is 23.2 Å². The third-order valence-corrected chi connectivity index (χ3v) is 5.61. The van der Waals surface area contributed by atoms with E-state index in [1.807, 2.05) is 14.1 Å². The molecule has 2 heterocycles. The van der Waals surface area contributed by atoms with Gasteiger partial charge in [0.25, 0.3) is 11.8 Å². The number of likely N-dealkylation sites (tertiary alicyclic amines) is 1. The van der Waals surface area contributed by atoms with Crippen LogP contribution in [0.2, 0.25) is 10.0 Å². The van der Waals surface area contributed by atoms with Crippen molar-refractivity contribution in [1.82, 2.24) is 14.8 Å². The highest BCUT2D eigenvalue weighted by Crippen LogP contribution is 2.24. The van der Waals surface area contributed by atoms with Crippen LogP contribution in [0.1, 0.15) is 27.3 Å². The van der Waals surface area contributed by atoms with E-state index in [1.54, 1.807) is 22.4 Å². The van der Waals surface area contributed by atoms with Crippen LogP contribution in [0.4, 0.5) is 5.13 Å². The van der Waals surface area contributed by atoms with Crippen molar-refractivity contribution in [2.24, 2.45) is 0 Å². The van der Waals surface area contributed by atoms with Gasteiger partial charge in [-0.3, -0.25) is 14.9 Å². The van der Waals surface area contributed by atoms with Crippen LogP contribution in [0.3, 0.4) is 0 Å². The summed E-state index contributed by atoms with van der Waals surface area (Å²) < 4.78 is 0. The van der Waals surface area contributed by atoms with Gasteiger partial charge >= 0.3 is 0 Å². The number of amides is 2. The maximum atomic E-state index is 12.6. The molecule has 2 aromatic rings. The van der Waals surface area contributed by atoms with Gasteiger partial charge in [-0.2, -0.15) is 0 Å². The average molecular weight is 413 g/mol. The summed E-state index contributed by atoms with van der Waals surface area (Å²) in [5.41, 5.74) is 0.638. The van der Waals surface area contributed by atoms with Gasteiger partial charge in [0.1, 0.15) is 5.69 Å². The number of anilines is 1. The summed E-state index contributed by atoms with van der Waals surface area (Å²) in [5, 5.41) is 5.40. The van der Waals surface area contributed by atoms with Crippen LogP contribution in [0.5, 0.6) is 0 Å². The van der Waals surface area contributed by atoms with Crippen molar-refractivity contribution in [3.8, 4) is 0 Å². The Hall–Kier alpha value is -1.67. The summed E-state index contributed by atoms with van der Waals surface area (Å²) in [7, 11) is 4.02. The zero-order valence-electron chi connectivity index (χ0n) is 14.3. The number of nitrogens with one attached hydrogen (secondary N) is 1. The number of carbonyl (C=O) groups excluding carboxylic acids is 2. The minimum Gasteiger partial charge on any atom is -0.336 e. The monoisotopic (exact) mass is 412 g/mol. The molecule has 3 rings (SSSR count). The number of benzene rings is 1. The molecule has 0 aliphatic carbocycles. The first-order valence-corrected chi connectivity index (χ1v) is 9.66. The second-order valence-corrected chi connectivity index (χ2v) is 7.98. The molecule has 0 spiro atoms. The Bertz CT molecular complexity index is 840. The number of carbonyl (C=O) groups is 2. The van der Waals surface area contributed by atoms with Crippen LogP contribution in [0.15, 0.2) is 23.6 Å². The summed E-state index contributed by atoms with van der Waals surface area (Å²) in [4.78, 5) is 33.1. The Kier molecular flexibility index (Phi) is 5.82. The lowest BCUT2D eigenvalue weighted by Crippen LogP contribution is -2.34. The number of thiazole rings is 1. The number of hydrogen-bond acceptors (Lipinski definition) is 5. The molecule has 26 heavy (non-hydrogen) atoms. The Morgan fingerprint density at radius 1 is 1.35 bits per heavy atom. The predicted molar refractivity (Wildman–Crippen MR) is 105 cm³/mol. The number of nitrogens with zero attached hydrogens (tertiary/aromatic N) is 3. The first kappa shape index (κ1) is 19.1. The highest BCUT2D eigenvalue weighted by molar-refractivity contribution is 7.14. The van der Waals surface area contributed by atoms with E-state index in [0.717, 1.165) is 6.42 Å². The van der Waals surface area contributed by atoms with Gasteiger partial charge in [-0.05, 0) is 38.7 Å². The number of aromatic nitrogens is 1. The SMILES string of the molecule is CN(C)[C@H]1CCN(C(=O)c2csc(NC(=O)c3ccc(Cl)cc3Cl)n2)C1. The molecular weight excluding hydrogens is 395 g/mol. The smallest absolute Gasteiger partial charge is 0.273 e. The minimum absolute atomic E-state index is 0.115. The van der Waals surface area contributed by atoms with Gasteiger partial charge in [0.05, 0.1) is 10.6 Å². The molecule has 0 radical (unpaired) electrons. The standard InChI is InChI=1S/C17H18Cl2N4O2S/c1-22(2)11-5-6-23(8-11)16(25)14-9-26-17(20-14)21-15(24)12-4-3-10(18)7-13(12)19/h3-4,7,9,11H,5-6,8H2,1-2H3,(H,20,21,24)/t11-/m0/s1. The van der Waals surface area contributed by atoms with Crippen molar-refractivity contribution in [3.63, 3.8) is 0 Å². The number of rotatable bonds is 4. The van der Waals surface area contributed by atoms with E-state index in [0.29, 0.717) is 40.5 Å². The van der Waals surface area contributed by atoms with E-state index < -0.39 is 5.91 Å². The number of halogens is 2. The molecule has 0 bridgehead atoms. The fourth-order valence-corrected chi connectivity index (χ4v) is 3.95. The van der Waals surface area contributed by atoms with Gasteiger partial charge in [-0.25, -0.2) is 4.98 Å². The van der Waals surface area contributed by atoms with Crippen molar-refractivity contribution < 1.29 is 9.59 Å². The molecule has 1 aliphatic heterocycles. The second-order valence-electron chi connectivity index (χ2n) is 6.27. The molecule has 1 aromatic heterocycles. The van der Waals surface area contributed by atoms with E-state index in [1.165, 1.54) is 17.4 Å². The molecule has 6 nitrogen and oxygen atoms in total. The van der Waals surface area contributed by atoms with Crippen LogP contribution in [-0.4, -0.2) is 59.8 Å². The molecule has 1 aromatic carbocycles. The van der Waals surface area contributed by atoms with Crippen molar-refractivity contribution in [3.05, 3.63) is 44.9 Å². The number of hydrogen-bond donors (Lipinski definition) is 1. The van der Waals surface area contributed by atoms with Crippen LogP contribution in [0.25, 0.3) is 0 Å². The van der Waals surface area contributed by atoms with E-state index in [-0.39, 0.29) is 10.9 Å². The van der Waals surface area contributed by atoms with Gasteiger partial charge in [0.15, 0.2) is 5.13 Å². The predicted octanol–water partition coefficient (Wildman–Crippen LogP) is 3.48. The van der Waals surface area contributed by atoms with Gasteiger partial charge in [0.2, 0.25) is 0 Å². The Morgan fingerprint density at radius 2 is 2.12 bits per heavy atom. The summed E-state index contributed by atoms with van der Waals surface area (Å²) >= 11 is 13.1. The zero-order valence-corrected chi connectivity index (χ0v) is 16.7. The summed E-state index contributed by atoms with van der Waals surface area (Å²) in [6.07, 6.45) is 0.946. The summed E-state index contributed by atoms with van der Waals surface area (Å²) in [5.74, 6) is -0.510. The molecule has 138 valence electrons. The lowest BCUT2D eigenvalue weighted by molar-refractivity contribution is 0.0777. The van der Waals surface area contributed by atoms with E-state index in [9.17, 15) is 9.59 Å². The second kappa shape index (κ2) is 7.92. The summed E-state index contributed by atoms with van der Waals surface area (Å²) in [6, 6.07) is 5.01. The molecule has 2 amide bonds. The Labute approximate surface area is 165 Å². The van der Waals surface area contributed by atoms with Crippen LogP contribution in [0, 0.1) is 0 Å². The molecule has 1 atom stereocenters. The van der Waals surface area contributed by atoms with Crippen LogP contribution < -0.4 is 5.32 Å². The highest BCUT2D eigenvalue weighted by atomic mass is 35.5. The van der Waals surface area contributed by atoms with E-state index >= 15 is 0 Å². The number of likely N-dealkylation sites (N-methyl/N-ethyl adjacent to an activating group) is 1. The molecule has 0 unspecified atom stereocenters. The topological polar surface area (TPSA) is 65.5 Å². The molecule has 1 N–H and O–H groups in total. The van der Waals surface area contributed by atoms with Crippen molar-refractivity contribution in [1.29, 1.82) is 0 Å². The quantitative estimate of drug-likeness (QED) is 0.834. The van der Waals surface area contributed by atoms with Crippen molar-refractivity contribution in [2.45, 2.75) is 12.5 Å². The van der Waals surface area contributed by atoms with Gasteiger partial charge in [-0.15, -0.1) is 11.3 Å². The van der Waals surface area contributed by atoms with E-state index in [2.05, 4.69) is 15.2 Å². The molecule has 1 aliphatic rings. The molecular formula is C17H18Cl2N4O2S. The van der Waals surface area contributed by atoms with Crippen molar-refractivity contribution in [2.75, 3.05) is 32.5 Å². The van der Waals surface area contributed by atoms with Crippen LogP contribution in [-0.2, 0) is 0 Å². The summed E-state index contributed by atoms with van der Waals surface area (Å²) in [6.45, 7) is 1.40. The molecule has 1 fully saturated rings. The van der Waals surface area contributed by atoms with Gasteiger partial charge < -0.3 is 9.80 Å². The molecule has 0 saturated carbocycles. The highest BCUT2D eigenvalue weighted by Gasteiger charge is 2.29. The molecule has 1 saturated heterocycles. The molecule has 9 heteroatoms. The zero-order chi connectivity index (χ0) is 18.8. The minimum atomic E-state index is -0.395. The average Bonchev–Trinajstić information content (AvgIpc) is 3.23. The van der Waals surface area contributed by atoms with Crippen LogP contribution >= 0.6 is 34.5 Å². The first-order chi connectivity index (χ1) is 12.3. The third kappa shape index (κ3) is 4.17. The lowest BCUT2D eigenvalue weighted by atomic mass is 10.2. The fourth-order valence-electron chi connectivity index (χ4n) is 2.78. The maximum absolute atomic E-state index is 12.6. The Morgan fingerprint density at radius 3 is 2.77 bits per heavy atom. The Balaban J connectivity index is 1.66. The first-order valence-electron chi connectivity index (χ1n) is 8.03. The van der Waals surface area contributed by atoms with Gasteiger partial charge in [0, 0.05) is 29.5 Å². The third-order valence-electron chi connectivity index (χ3n) is 4.30. The normalized spacial score (nSPS) is 17.0. The maximum Gasteiger partial charge on any atom is 0.273 e. The largest absolute Gasteiger partial charge is 0.336 e. The van der Waals surface area contributed by atoms with Gasteiger partial charge in [-0.1, -0.05) is 23.2 Å². The fraction of sp³-hybridized carbons (Fsp3) is 0.353. The van der Waals surface area contributed by atoms with Crippen molar-refractivity contribution >= 4 is 51.5 Å².